The summed E-state index contributed by atoms with van der Waals surface area (Å²) in [5.74, 6) is 0.0281. The van der Waals surface area contributed by atoms with E-state index in [0.29, 0.717) is 49.9 Å². The van der Waals surface area contributed by atoms with Crippen molar-refractivity contribution in [3.63, 3.8) is 0 Å². The lowest BCUT2D eigenvalue weighted by Crippen LogP contribution is -2.42. The van der Waals surface area contributed by atoms with Crippen LogP contribution in [-0.4, -0.2) is 34.8 Å². The first-order chi connectivity index (χ1) is 20.0. The number of rotatable bonds is 7. The van der Waals surface area contributed by atoms with Crippen LogP contribution in [0.15, 0.2) is 69.5 Å². The molecule has 12 heteroatoms. The number of carbonyl (C=O) groups is 2. The number of hydrogen-bond donors (Lipinski definition) is 2. The molecule has 0 spiro atoms. The van der Waals surface area contributed by atoms with Gasteiger partial charge in [-0.25, -0.2) is 0 Å². The maximum Gasteiger partial charge on any atom is 0.234 e. The monoisotopic (exact) mass is 620 g/mol. The second-order valence-electron chi connectivity index (χ2n) is 10.9. The molecule has 9 nitrogen and oxygen atoms in total. The molecule has 2 aromatic carbocycles. The largest absolute Gasteiger partial charge is 0.495 e. The highest BCUT2D eigenvalue weighted by atomic mass is 35.5. The van der Waals surface area contributed by atoms with Crippen molar-refractivity contribution < 1.29 is 14.3 Å². The van der Waals surface area contributed by atoms with Crippen LogP contribution in [0.5, 0.6) is 5.75 Å². The number of aromatic nitrogens is 2. The second kappa shape index (κ2) is 11.8. The van der Waals surface area contributed by atoms with Gasteiger partial charge in [-0.3, -0.25) is 14.5 Å². The van der Waals surface area contributed by atoms with Crippen molar-refractivity contribution in [2.75, 3.05) is 23.1 Å². The van der Waals surface area contributed by atoms with Gasteiger partial charge in [-0.2, -0.15) is 5.26 Å². The normalized spacial score (nSPS) is 18.0. The van der Waals surface area contributed by atoms with Crippen LogP contribution in [-0.2, 0) is 9.59 Å². The van der Waals surface area contributed by atoms with Crippen molar-refractivity contribution in [1.29, 1.82) is 5.26 Å². The molecule has 3 N–H and O–H groups in total. The summed E-state index contributed by atoms with van der Waals surface area (Å²) in [6.07, 6.45) is 0.942. The van der Waals surface area contributed by atoms with E-state index in [1.54, 1.807) is 23.1 Å². The van der Waals surface area contributed by atoms with Gasteiger partial charge in [0.25, 0.3) is 0 Å². The van der Waals surface area contributed by atoms with E-state index in [-0.39, 0.29) is 28.7 Å². The Morgan fingerprint density at radius 1 is 1.26 bits per heavy atom. The second-order valence-corrected chi connectivity index (χ2v) is 13.5. The van der Waals surface area contributed by atoms with Crippen molar-refractivity contribution >= 4 is 57.2 Å². The minimum atomic E-state index is -0.553. The smallest absolute Gasteiger partial charge is 0.234 e. The van der Waals surface area contributed by atoms with Crippen molar-refractivity contribution in [1.82, 2.24) is 10.2 Å². The Balaban J connectivity index is 1.43. The number of methoxy groups -OCH3 is 1. The quantitative estimate of drug-likeness (QED) is 0.297. The number of aryl methyl sites for hydroxylation is 1. The van der Waals surface area contributed by atoms with Gasteiger partial charge in [-0.05, 0) is 42.5 Å². The van der Waals surface area contributed by atoms with Gasteiger partial charge in [0.1, 0.15) is 11.6 Å². The molecular weight excluding hydrogens is 592 g/mol. The maximum atomic E-state index is 13.7. The molecule has 2 aliphatic rings. The Bertz CT molecular complexity index is 1670. The SMILES string of the molecule is COc1ccc(NC(=O)CSc2nnc(N3C(N)=C(C#N)C(c4ccc(C)cc4)C4=C3CC(C)(C)CC4=O)s2)cc1Cl. The van der Waals surface area contributed by atoms with Crippen LogP contribution in [0.4, 0.5) is 10.8 Å². The molecule has 0 saturated carbocycles. The molecule has 1 aliphatic heterocycles. The highest BCUT2D eigenvalue weighted by Crippen LogP contribution is 2.50. The number of hydrogen-bond acceptors (Lipinski definition) is 10. The van der Waals surface area contributed by atoms with Crippen molar-refractivity contribution in [2.45, 2.75) is 43.9 Å². The molecule has 0 radical (unpaired) electrons. The van der Waals surface area contributed by atoms with Gasteiger partial charge in [-0.15, -0.1) is 10.2 Å². The van der Waals surface area contributed by atoms with Crippen LogP contribution in [0.25, 0.3) is 0 Å². The molecule has 0 fully saturated rings. The molecule has 1 amide bonds. The first-order valence-electron chi connectivity index (χ1n) is 13.1. The van der Waals surface area contributed by atoms with Gasteiger partial charge in [0.15, 0.2) is 10.1 Å². The van der Waals surface area contributed by atoms with Crippen LogP contribution < -0.4 is 20.7 Å². The third-order valence-electron chi connectivity index (χ3n) is 7.14. The topological polar surface area (TPSA) is 134 Å². The van der Waals surface area contributed by atoms with E-state index in [2.05, 4.69) is 21.6 Å². The number of Topliss-reactive ketones (excluding diaryl/α,β-unsaturated/α-hetero) is 1. The average molecular weight is 621 g/mol. The zero-order valence-electron chi connectivity index (χ0n) is 23.5. The fraction of sp³-hybridized carbons (Fsp3) is 0.300. The number of anilines is 2. The standard InChI is InChI=1S/C30H29ClN6O3S2/c1-16-5-7-17(8-6-16)25-19(14-32)27(33)37(21-12-30(2,3)13-22(38)26(21)25)28-35-36-29(42-28)41-15-24(39)34-18-9-10-23(40-4)20(31)11-18/h5-11,25H,12-13,15,33H2,1-4H3,(H,34,39). The van der Waals surface area contributed by atoms with E-state index in [0.717, 1.165) is 16.8 Å². The number of ketones is 1. The molecule has 0 bridgehead atoms. The molecule has 5 rings (SSSR count). The predicted octanol–water partition coefficient (Wildman–Crippen LogP) is 6.18. The number of nitrogens with one attached hydrogen (secondary N) is 1. The lowest BCUT2D eigenvalue weighted by atomic mass is 9.68. The molecule has 42 heavy (non-hydrogen) atoms. The molecular formula is C30H29ClN6O3S2. The van der Waals surface area contributed by atoms with E-state index in [9.17, 15) is 14.9 Å². The fourth-order valence-corrected chi connectivity index (χ4v) is 7.18. The van der Waals surface area contributed by atoms with Gasteiger partial charge in [-0.1, -0.05) is 78.4 Å². The van der Waals surface area contributed by atoms with Crippen LogP contribution in [0, 0.1) is 23.7 Å². The number of carbonyl (C=O) groups excluding carboxylic acids is 2. The summed E-state index contributed by atoms with van der Waals surface area (Å²) in [4.78, 5) is 28.0. The molecule has 216 valence electrons. The summed E-state index contributed by atoms with van der Waals surface area (Å²) in [6, 6.07) is 15.1. The van der Waals surface area contributed by atoms with Crippen molar-refractivity contribution in [3.8, 4) is 11.8 Å². The Morgan fingerprint density at radius 2 is 2.00 bits per heavy atom. The average Bonchev–Trinajstić information content (AvgIpc) is 3.40. The number of amides is 1. The number of thioether (sulfide) groups is 1. The number of nitrogens with two attached hydrogens (primary N) is 1. The number of nitriles is 1. The maximum absolute atomic E-state index is 13.7. The van der Waals surface area contributed by atoms with Crippen LogP contribution >= 0.6 is 34.7 Å². The fourth-order valence-electron chi connectivity index (χ4n) is 5.24. The molecule has 1 atom stereocenters. The summed E-state index contributed by atoms with van der Waals surface area (Å²) in [5, 5.41) is 22.5. The highest BCUT2D eigenvalue weighted by Gasteiger charge is 2.45. The summed E-state index contributed by atoms with van der Waals surface area (Å²) >= 11 is 8.63. The summed E-state index contributed by atoms with van der Waals surface area (Å²) in [5.41, 5.74) is 10.5. The van der Waals surface area contributed by atoms with E-state index in [4.69, 9.17) is 22.1 Å². The number of ether oxygens (including phenoxy) is 1. The zero-order chi connectivity index (χ0) is 30.2. The molecule has 0 saturated heterocycles. The third-order valence-corrected chi connectivity index (χ3v) is 9.48. The third kappa shape index (κ3) is 5.88. The van der Waals surface area contributed by atoms with E-state index in [1.165, 1.54) is 30.2 Å². The summed E-state index contributed by atoms with van der Waals surface area (Å²) < 4.78 is 5.69. The predicted molar refractivity (Wildman–Crippen MR) is 166 cm³/mol. The Hall–Kier alpha value is -3.85. The zero-order valence-corrected chi connectivity index (χ0v) is 25.9. The first kappa shape index (κ1) is 29.6. The van der Waals surface area contributed by atoms with E-state index in [1.807, 2.05) is 45.0 Å². The Labute approximate surface area is 257 Å². The Kier molecular flexibility index (Phi) is 8.32. The lowest BCUT2D eigenvalue weighted by molar-refractivity contribution is -0.118. The van der Waals surface area contributed by atoms with Crippen LogP contribution in [0.1, 0.15) is 43.7 Å². The molecule has 2 heterocycles. The minimum absolute atomic E-state index is 0.00787. The van der Waals surface area contributed by atoms with Gasteiger partial charge < -0.3 is 15.8 Å². The molecule has 1 unspecified atom stereocenters. The van der Waals surface area contributed by atoms with Gasteiger partial charge in [0, 0.05) is 23.4 Å². The molecule has 3 aromatic rings. The highest BCUT2D eigenvalue weighted by molar-refractivity contribution is 8.01. The summed E-state index contributed by atoms with van der Waals surface area (Å²) in [7, 11) is 1.52. The number of halogens is 1. The van der Waals surface area contributed by atoms with Crippen molar-refractivity contribution in [3.05, 3.63) is 81.3 Å². The number of allylic oxidation sites excluding steroid dienone is 3. The molecule has 1 aromatic heterocycles. The number of nitrogens with zero attached hydrogens (tertiary/aromatic N) is 4. The van der Waals surface area contributed by atoms with Gasteiger partial charge >= 0.3 is 0 Å². The lowest BCUT2D eigenvalue weighted by Gasteiger charge is -2.42. The van der Waals surface area contributed by atoms with Gasteiger partial charge in [0.2, 0.25) is 11.0 Å². The van der Waals surface area contributed by atoms with Crippen molar-refractivity contribution in [2.24, 2.45) is 11.1 Å². The Morgan fingerprint density at radius 3 is 2.67 bits per heavy atom. The first-order valence-corrected chi connectivity index (χ1v) is 15.3. The van der Waals surface area contributed by atoms with Crippen LogP contribution in [0.3, 0.4) is 0 Å². The summed E-state index contributed by atoms with van der Waals surface area (Å²) in [6.45, 7) is 6.08. The van der Waals surface area contributed by atoms with E-state index < -0.39 is 5.92 Å². The van der Waals surface area contributed by atoms with Crippen LogP contribution in [0.2, 0.25) is 5.02 Å². The minimum Gasteiger partial charge on any atom is -0.495 e. The van der Waals surface area contributed by atoms with E-state index >= 15 is 0 Å². The number of benzene rings is 2. The molecule has 1 aliphatic carbocycles. The van der Waals surface area contributed by atoms with Gasteiger partial charge in [0.05, 0.1) is 35.4 Å².